The molecule has 0 saturated heterocycles. The Hall–Kier alpha value is -3.36. The highest BCUT2D eigenvalue weighted by atomic mass is 35.5. The average Bonchev–Trinajstić information content (AvgIpc) is 3.23. The number of thiazole rings is 1. The van der Waals surface area contributed by atoms with E-state index in [9.17, 15) is 9.59 Å². The Morgan fingerprint density at radius 3 is 2.50 bits per heavy atom. The molecule has 1 aliphatic heterocycles. The number of halogens is 1. The summed E-state index contributed by atoms with van der Waals surface area (Å²) in [6.07, 6.45) is 3.21. The van der Waals surface area contributed by atoms with E-state index in [1.807, 2.05) is 26.0 Å². The molecule has 2 aromatic carbocycles. The second kappa shape index (κ2) is 12.4. The van der Waals surface area contributed by atoms with E-state index >= 15 is 0 Å². The Morgan fingerprint density at radius 2 is 1.88 bits per heavy atom. The second-order valence-corrected chi connectivity index (χ2v) is 11.4. The van der Waals surface area contributed by atoms with Crippen molar-refractivity contribution in [2.45, 2.75) is 59.4 Å². The number of allylic oxidation sites excluding steroid dienone is 1. The lowest BCUT2D eigenvalue weighted by atomic mass is 9.93. The summed E-state index contributed by atoms with van der Waals surface area (Å²) in [5, 5.41) is 0.463. The summed E-state index contributed by atoms with van der Waals surface area (Å²) in [7, 11) is 3.22. The molecule has 0 aliphatic carbocycles. The maximum absolute atomic E-state index is 14.1. The monoisotopic (exact) mass is 582 g/mol. The molecular weight excluding hydrogens is 548 g/mol. The summed E-state index contributed by atoms with van der Waals surface area (Å²) in [5.74, 6) is 1.06. The maximum atomic E-state index is 14.1. The maximum Gasteiger partial charge on any atom is 0.338 e. The SMILES string of the molecule is CCCC1=C(C(=O)OCC)[C@@H](c2cc(Cl)ccc2OC)n2c(s/c(=C\c3cc(C(C)C)c(OC)cc3C)c2=O)=N1. The second-order valence-electron chi connectivity index (χ2n) is 9.91. The Labute approximate surface area is 243 Å². The molecule has 212 valence electrons. The molecule has 1 aromatic heterocycles. The van der Waals surface area contributed by atoms with Gasteiger partial charge in [-0.1, -0.05) is 50.1 Å². The fourth-order valence-electron chi connectivity index (χ4n) is 4.97. The van der Waals surface area contributed by atoms with Crippen LogP contribution in [0.1, 0.15) is 74.8 Å². The highest BCUT2D eigenvalue weighted by Crippen LogP contribution is 2.38. The van der Waals surface area contributed by atoms with Crippen LogP contribution in [0, 0.1) is 6.92 Å². The predicted octanol–water partition coefficient (Wildman–Crippen LogP) is 5.68. The van der Waals surface area contributed by atoms with Crippen molar-refractivity contribution in [2.24, 2.45) is 4.99 Å². The first-order valence-corrected chi connectivity index (χ1v) is 14.6. The summed E-state index contributed by atoms with van der Waals surface area (Å²) in [5.41, 5.74) is 4.23. The molecule has 0 spiro atoms. The number of ether oxygens (including phenoxy) is 3. The van der Waals surface area contributed by atoms with Gasteiger partial charge in [-0.15, -0.1) is 0 Å². The van der Waals surface area contributed by atoms with Crippen LogP contribution in [0.4, 0.5) is 0 Å². The summed E-state index contributed by atoms with van der Waals surface area (Å²) in [6, 6.07) is 8.45. The van der Waals surface area contributed by atoms with Crippen LogP contribution in [0.3, 0.4) is 0 Å². The fraction of sp³-hybridized carbons (Fsp3) is 0.387. The van der Waals surface area contributed by atoms with Gasteiger partial charge in [0.15, 0.2) is 4.80 Å². The fourth-order valence-corrected chi connectivity index (χ4v) is 6.17. The highest BCUT2D eigenvalue weighted by molar-refractivity contribution is 7.07. The molecule has 40 heavy (non-hydrogen) atoms. The van der Waals surface area contributed by atoms with E-state index < -0.39 is 12.0 Å². The zero-order valence-corrected chi connectivity index (χ0v) is 25.5. The van der Waals surface area contributed by atoms with E-state index in [1.54, 1.807) is 43.9 Å². The van der Waals surface area contributed by atoms with Gasteiger partial charge in [-0.3, -0.25) is 9.36 Å². The van der Waals surface area contributed by atoms with Crippen molar-refractivity contribution in [3.05, 3.63) is 88.6 Å². The molecule has 3 aromatic rings. The van der Waals surface area contributed by atoms with Crippen molar-refractivity contribution in [3.8, 4) is 11.5 Å². The molecule has 1 aliphatic rings. The third-order valence-electron chi connectivity index (χ3n) is 6.91. The minimum Gasteiger partial charge on any atom is -0.496 e. The number of carbonyl (C=O) groups is 1. The minimum absolute atomic E-state index is 0.195. The number of rotatable bonds is 9. The van der Waals surface area contributed by atoms with Crippen LogP contribution < -0.4 is 24.4 Å². The van der Waals surface area contributed by atoms with Crippen LogP contribution in [-0.2, 0) is 9.53 Å². The minimum atomic E-state index is -0.809. The van der Waals surface area contributed by atoms with E-state index in [0.717, 1.165) is 28.9 Å². The zero-order valence-electron chi connectivity index (χ0n) is 24.0. The lowest BCUT2D eigenvalue weighted by molar-refractivity contribution is -0.139. The van der Waals surface area contributed by atoms with Crippen molar-refractivity contribution in [1.29, 1.82) is 0 Å². The number of aryl methyl sites for hydroxylation is 1. The molecule has 1 atom stereocenters. The van der Waals surface area contributed by atoms with Crippen molar-refractivity contribution >= 4 is 35.0 Å². The molecule has 9 heteroatoms. The molecule has 0 fully saturated rings. The quantitative estimate of drug-likeness (QED) is 0.303. The zero-order chi connectivity index (χ0) is 29.1. The summed E-state index contributed by atoms with van der Waals surface area (Å²) in [6.45, 7) is 10.2. The van der Waals surface area contributed by atoms with Gasteiger partial charge < -0.3 is 14.2 Å². The number of benzene rings is 2. The first-order chi connectivity index (χ1) is 19.1. The molecular formula is C31H35ClN2O5S. The molecule has 0 N–H and O–H groups in total. The summed E-state index contributed by atoms with van der Waals surface area (Å²) >= 11 is 7.73. The number of hydrogen-bond acceptors (Lipinski definition) is 7. The van der Waals surface area contributed by atoms with Crippen molar-refractivity contribution in [1.82, 2.24) is 4.57 Å². The van der Waals surface area contributed by atoms with Gasteiger partial charge in [-0.2, -0.15) is 0 Å². The number of esters is 1. The summed E-state index contributed by atoms with van der Waals surface area (Å²) in [4.78, 5) is 32.9. The van der Waals surface area contributed by atoms with Gasteiger partial charge in [-0.25, -0.2) is 9.79 Å². The van der Waals surface area contributed by atoms with E-state index in [4.69, 9.17) is 30.8 Å². The Balaban J connectivity index is 2.05. The van der Waals surface area contributed by atoms with Crippen molar-refractivity contribution in [3.63, 3.8) is 0 Å². The first-order valence-electron chi connectivity index (χ1n) is 13.4. The number of nitrogens with zero attached hydrogens (tertiary/aromatic N) is 2. The topological polar surface area (TPSA) is 79.1 Å². The van der Waals surface area contributed by atoms with E-state index in [0.29, 0.717) is 43.4 Å². The largest absolute Gasteiger partial charge is 0.496 e. The lowest BCUT2D eigenvalue weighted by Crippen LogP contribution is -2.40. The van der Waals surface area contributed by atoms with Crippen LogP contribution >= 0.6 is 22.9 Å². The molecule has 2 heterocycles. The number of fused-ring (bicyclic) bond motifs is 1. The number of hydrogen-bond donors (Lipinski definition) is 0. The van der Waals surface area contributed by atoms with E-state index in [2.05, 4.69) is 19.9 Å². The number of methoxy groups -OCH3 is 2. The van der Waals surface area contributed by atoms with Gasteiger partial charge in [0.2, 0.25) is 0 Å². The normalized spacial score (nSPS) is 15.2. The van der Waals surface area contributed by atoms with Gasteiger partial charge in [0.05, 0.1) is 36.6 Å². The number of carbonyl (C=O) groups excluding carboxylic acids is 1. The standard InChI is InChI=1S/C31H35ClN2O5S/c1-8-10-23-27(30(36)39-9-2)28(22-16-20(32)11-12-24(22)37-6)34-29(35)26(40-31(34)33-23)15-19-14-21(17(3)4)25(38-7)13-18(19)5/h11-17,28H,8-10H2,1-7H3/b26-15-/t28-/m1/s1. The third-order valence-corrected chi connectivity index (χ3v) is 8.12. The Kier molecular flexibility index (Phi) is 9.21. The molecule has 0 amide bonds. The van der Waals surface area contributed by atoms with Gasteiger partial charge >= 0.3 is 5.97 Å². The van der Waals surface area contributed by atoms with Gasteiger partial charge in [0.25, 0.3) is 5.56 Å². The molecule has 0 unspecified atom stereocenters. The Morgan fingerprint density at radius 1 is 1.15 bits per heavy atom. The van der Waals surface area contributed by atoms with E-state index in [-0.39, 0.29) is 18.1 Å². The van der Waals surface area contributed by atoms with Gasteiger partial charge in [-0.05, 0) is 79.3 Å². The Bertz CT molecular complexity index is 1650. The van der Waals surface area contributed by atoms with Crippen molar-refractivity contribution in [2.75, 3.05) is 20.8 Å². The smallest absolute Gasteiger partial charge is 0.338 e. The number of aromatic nitrogens is 1. The molecule has 0 radical (unpaired) electrons. The molecule has 0 saturated carbocycles. The van der Waals surface area contributed by atoms with E-state index in [1.165, 1.54) is 11.3 Å². The highest BCUT2D eigenvalue weighted by Gasteiger charge is 2.36. The molecule has 7 nitrogen and oxygen atoms in total. The van der Waals surface area contributed by atoms with Crippen LogP contribution in [0.25, 0.3) is 6.08 Å². The predicted molar refractivity (Wildman–Crippen MR) is 159 cm³/mol. The van der Waals surface area contributed by atoms with Crippen LogP contribution in [0.15, 0.2) is 51.4 Å². The lowest BCUT2D eigenvalue weighted by Gasteiger charge is -2.27. The molecule has 4 rings (SSSR count). The van der Waals surface area contributed by atoms with Crippen LogP contribution in [0.2, 0.25) is 5.02 Å². The summed E-state index contributed by atoms with van der Waals surface area (Å²) < 4.78 is 18.8. The average molecular weight is 583 g/mol. The van der Waals surface area contributed by atoms with Crippen LogP contribution in [0.5, 0.6) is 11.5 Å². The molecule has 0 bridgehead atoms. The van der Waals surface area contributed by atoms with Crippen molar-refractivity contribution < 1.29 is 19.0 Å². The van der Waals surface area contributed by atoms with Gasteiger partial charge in [0, 0.05) is 10.6 Å². The first kappa shape index (κ1) is 29.6. The van der Waals surface area contributed by atoms with Crippen LogP contribution in [-0.4, -0.2) is 31.4 Å². The third kappa shape index (κ3) is 5.60. The van der Waals surface area contributed by atoms with Gasteiger partial charge in [0.1, 0.15) is 17.5 Å².